The number of nitrogens with two attached hydrogens (primary N) is 1. The van der Waals surface area contributed by atoms with Gasteiger partial charge in [-0.2, -0.15) is 0 Å². The lowest BCUT2D eigenvalue weighted by Crippen LogP contribution is -2.06. The van der Waals surface area contributed by atoms with E-state index in [2.05, 4.69) is 19.1 Å². The zero-order valence-electron chi connectivity index (χ0n) is 12.6. The summed E-state index contributed by atoms with van der Waals surface area (Å²) in [4.78, 5) is 6.77. The number of fused-ring (bicyclic) bond motifs is 1. The van der Waals surface area contributed by atoms with E-state index in [1.54, 1.807) is 11.3 Å². The summed E-state index contributed by atoms with van der Waals surface area (Å²) >= 11 is 2.13. The Balaban J connectivity index is 2.07. The molecule has 3 aromatic rings. The molecule has 1 atom stereocenters. The molecule has 22 heavy (non-hydrogen) atoms. The highest BCUT2D eigenvalue weighted by Crippen LogP contribution is 2.40. The van der Waals surface area contributed by atoms with E-state index in [-0.39, 0.29) is 0 Å². The third-order valence-electron chi connectivity index (χ3n) is 3.53. The number of hydrogen-bond acceptors (Lipinski definition) is 5. The second kappa shape index (κ2) is 6.58. The van der Waals surface area contributed by atoms with Crippen LogP contribution in [-0.2, 0) is 11.2 Å². The summed E-state index contributed by atoms with van der Waals surface area (Å²) in [6, 6.07) is 6.15. The maximum atomic E-state index is 12.4. The normalized spacial score (nSPS) is 12.9. The molecule has 0 aliphatic carbocycles. The van der Waals surface area contributed by atoms with E-state index >= 15 is 0 Å². The number of anilines is 1. The predicted octanol–water partition coefficient (Wildman–Crippen LogP) is 4.82. The molecule has 1 unspecified atom stereocenters. The Kier molecular flexibility index (Phi) is 4.73. The van der Waals surface area contributed by atoms with Gasteiger partial charge in [0.15, 0.2) is 0 Å². The lowest BCUT2D eigenvalue weighted by atomic mass is 10.1. The van der Waals surface area contributed by atoms with Gasteiger partial charge in [-0.15, -0.1) is 11.3 Å². The molecular formula is C16H18N2OS3. The Morgan fingerprint density at radius 3 is 2.91 bits per heavy atom. The molecule has 0 aliphatic heterocycles. The van der Waals surface area contributed by atoms with Crippen LogP contribution in [-0.4, -0.2) is 15.3 Å². The lowest BCUT2D eigenvalue weighted by Gasteiger charge is -2.08. The minimum atomic E-state index is -1.02. The molecule has 3 rings (SSSR count). The van der Waals surface area contributed by atoms with E-state index in [1.807, 2.05) is 18.4 Å². The summed E-state index contributed by atoms with van der Waals surface area (Å²) in [5.74, 6) is 0.671. The number of rotatable bonds is 5. The molecule has 3 nitrogen and oxygen atoms in total. The largest absolute Gasteiger partial charge is 0.611 e. The van der Waals surface area contributed by atoms with Gasteiger partial charge in [-0.1, -0.05) is 30.7 Å². The highest BCUT2D eigenvalue weighted by atomic mass is 32.2. The van der Waals surface area contributed by atoms with Crippen molar-refractivity contribution in [3.05, 3.63) is 29.1 Å². The average Bonchev–Trinajstić information content (AvgIpc) is 3.13. The van der Waals surface area contributed by atoms with Crippen LogP contribution < -0.4 is 5.73 Å². The number of unbranched alkanes of at least 4 members (excludes halogenated alkanes) is 1. The van der Waals surface area contributed by atoms with Gasteiger partial charge < -0.3 is 10.3 Å². The van der Waals surface area contributed by atoms with Crippen molar-refractivity contribution in [3.63, 3.8) is 0 Å². The molecule has 0 aromatic carbocycles. The second-order valence-electron chi connectivity index (χ2n) is 5.19. The van der Waals surface area contributed by atoms with Crippen LogP contribution in [0.1, 0.15) is 25.3 Å². The van der Waals surface area contributed by atoms with Gasteiger partial charge in [-0.3, -0.25) is 0 Å². The van der Waals surface area contributed by atoms with E-state index in [0.717, 1.165) is 43.4 Å². The number of hydrogen-bond donors (Lipinski definition) is 1. The van der Waals surface area contributed by atoms with Gasteiger partial charge in [0.2, 0.25) is 4.21 Å². The zero-order valence-corrected chi connectivity index (χ0v) is 15.0. The molecule has 2 N–H and O–H groups in total. The summed E-state index contributed by atoms with van der Waals surface area (Å²) in [5.41, 5.74) is 8.97. The number of nitrogens with zero attached hydrogens (tertiary/aromatic N) is 1. The Bertz CT molecular complexity index is 780. The van der Waals surface area contributed by atoms with Gasteiger partial charge in [0.25, 0.3) is 0 Å². The summed E-state index contributed by atoms with van der Waals surface area (Å²) < 4.78 is 13.2. The van der Waals surface area contributed by atoms with Gasteiger partial charge in [0, 0.05) is 5.39 Å². The first-order chi connectivity index (χ1) is 10.6. The van der Waals surface area contributed by atoms with Crippen LogP contribution in [0.4, 0.5) is 5.69 Å². The standard InChI is InChI=1S/C16H18N2OS3/c1-3-4-8-22(19)16-14(17)13-10(2)9-11(18-15(13)21-16)12-6-5-7-20-12/h5-7,9H,3-4,8,17H2,1-2H3. The van der Waals surface area contributed by atoms with Crippen molar-refractivity contribution >= 4 is 49.8 Å². The van der Waals surface area contributed by atoms with Crippen molar-refractivity contribution in [2.75, 3.05) is 11.5 Å². The first-order valence-corrected chi connectivity index (χ1v) is 10.2. The second-order valence-corrected chi connectivity index (χ2v) is 8.90. The minimum absolute atomic E-state index is 0.650. The quantitative estimate of drug-likeness (QED) is 0.671. The number of nitrogen functional groups attached to an aromatic ring is 1. The van der Waals surface area contributed by atoms with Crippen LogP contribution in [0.2, 0.25) is 0 Å². The molecule has 3 heterocycles. The smallest absolute Gasteiger partial charge is 0.232 e. The van der Waals surface area contributed by atoms with Crippen LogP contribution in [0.15, 0.2) is 27.8 Å². The average molecular weight is 351 g/mol. The van der Waals surface area contributed by atoms with Crippen LogP contribution in [0, 0.1) is 6.92 Å². The highest BCUT2D eigenvalue weighted by Gasteiger charge is 2.23. The van der Waals surface area contributed by atoms with Crippen molar-refractivity contribution in [2.24, 2.45) is 0 Å². The maximum Gasteiger partial charge on any atom is 0.232 e. The lowest BCUT2D eigenvalue weighted by molar-refractivity contribution is 0.594. The molecule has 0 saturated carbocycles. The van der Waals surface area contributed by atoms with Crippen molar-refractivity contribution < 1.29 is 4.55 Å². The molecular weight excluding hydrogens is 332 g/mol. The van der Waals surface area contributed by atoms with Crippen LogP contribution in [0.25, 0.3) is 20.8 Å². The zero-order chi connectivity index (χ0) is 15.7. The van der Waals surface area contributed by atoms with Crippen molar-refractivity contribution in [1.29, 1.82) is 0 Å². The number of aryl methyl sites for hydroxylation is 1. The predicted molar refractivity (Wildman–Crippen MR) is 98.3 cm³/mol. The van der Waals surface area contributed by atoms with Crippen molar-refractivity contribution in [1.82, 2.24) is 4.98 Å². The van der Waals surface area contributed by atoms with E-state index in [9.17, 15) is 4.55 Å². The summed E-state index contributed by atoms with van der Waals surface area (Å²) in [5, 5.41) is 3.01. The molecule has 0 bridgehead atoms. The number of thiophene rings is 2. The third-order valence-corrected chi connectivity index (χ3v) is 7.41. The monoisotopic (exact) mass is 350 g/mol. The van der Waals surface area contributed by atoms with Gasteiger partial charge >= 0.3 is 0 Å². The fourth-order valence-corrected chi connectivity index (χ4v) is 5.91. The molecule has 0 saturated heterocycles. The maximum absolute atomic E-state index is 12.4. The molecule has 3 aromatic heterocycles. The summed E-state index contributed by atoms with van der Waals surface area (Å²) in [6.07, 6.45) is 1.99. The molecule has 116 valence electrons. The summed E-state index contributed by atoms with van der Waals surface area (Å²) in [6.45, 7) is 4.15. The third kappa shape index (κ3) is 2.88. The number of pyridine rings is 1. The van der Waals surface area contributed by atoms with E-state index in [1.165, 1.54) is 11.3 Å². The minimum Gasteiger partial charge on any atom is -0.611 e. The molecule has 0 radical (unpaired) electrons. The van der Waals surface area contributed by atoms with Gasteiger partial charge in [-0.05, 0) is 47.6 Å². The fraction of sp³-hybridized carbons (Fsp3) is 0.312. The van der Waals surface area contributed by atoms with Crippen molar-refractivity contribution in [2.45, 2.75) is 30.9 Å². The molecule has 0 amide bonds. The Hall–Kier alpha value is -1.08. The fourth-order valence-electron chi connectivity index (χ4n) is 2.38. The van der Waals surface area contributed by atoms with Crippen LogP contribution in [0.3, 0.4) is 0 Å². The first kappa shape index (κ1) is 15.8. The Morgan fingerprint density at radius 2 is 2.23 bits per heavy atom. The molecule has 0 spiro atoms. The van der Waals surface area contributed by atoms with Crippen LogP contribution in [0.5, 0.6) is 0 Å². The van der Waals surface area contributed by atoms with Gasteiger partial charge in [0.1, 0.15) is 16.3 Å². The Labute approximate surface area is 141 Å². The molecule has 0 aliphatic rings. The van der Waals surface area contributed by atoms with Crippen LogP contribution >= 0.6 is 22.7 Å². The van der Waals surface area contributed by atoms with Gasteiger partial charge in [0.05, 0.1) is 10.6 Å². The first-order valence-electron chi connectivity index (χ1n) is 7.23. The van der Waals surface area contributed by atoms with E-state index in [0.29, 0.717) is 11.4 Å². The molecule has 0 fully saturated rings. The molecule has 6 heteroatoms. The van der Waals surface area contributed by atoms with E-state index in [4.69, 9.17) is 10.7 Å². The van der Waals surface area contributed by atoms with Gasteiger partial charge in [-0.25, -0.2) is 4.98 Å². The number of aromatic nitrogens is 1. The summed E-state index contributed by atoms with van der Waals surface area (Å²) in [7, 11) is 0. The SMILES string of the molecule is CCCC[S+]([O-])c1sc2nc(-c3cccs3)cc(C)c2c1N. The highest BCUT2D eigenvalue weighted by molar-refractivity contribution is 7.93. The Morgan fingerprint density at radius 1 is 1.41 bits per heavy atom. The van der Waals surface area contributed by atoms with Crippen molar-refractivity contribution in [3.8, 4) is 10.6 Å². The van der Waals surface area contributed by atoms with E-state index < -0.39 is 11.2 Å². The topological polar surface area (TPSA) is 62.0 Å².